The van der Waals surface area contributed by atoms with Crippen LogP contribution in [0.1, 0.15) is 5.56 Å². The number of nitrogens with zero attached hydrogens (tertiary/aromatic N) is 1. The summed E-state index contributed by atoms with van der Waals surface area (Å²) in [6.07, 6.45) is 1.51. The van der Waals surface area contributed by atoms with Crippen molar-refractivity contribution in [2.75, 3.05) is 5.43 Å². The average Bonchev–Trinajstić information content (AvgIpc) is 2.36. The fraction of sp³-hybridized carbons (Fsp3) is 0. The molecule has 0 amide bonds. The minimum absolute atomic E-state index is 0.109. The lowest BCUT2D eigenvalue weighted by Crippen LogP contribution is -1.91. The van der Waals surface area contributed by atoms with Crippen LogP contribution in [-0.4, -0.2) is 11.3 Å². The molecule has 5 heteroatoms. The van der Waals surface area contributed by atoms with Gasteiger partial charge in [0.25, 0.3) is 0 Å². The number of rotatable bonds is 3. The van der Waals surface area contributed by atoms with Crippen LogP contribution in [0, 0.1) is 0 Å². The van der Waals surface area contributed by atoms with Crippen molar-refractivity contribution in [2.24, 2.45) is 5.10 Å². The first-order valence-corrected chi connectivity index (χ1v) is 6.36. The molecule has 2 N–H and O–H groups in total. The van der Waals surface area contributed by atoms with Gasteiger partial charge in [-0.25, -0.2) is 0 Å². The van der Waals surface area contributed by atoms with E-state index >= 15 is 0 Å². The van der Waals surface area contributed by atoms with Crippen molar-refractivity contribution < 1.29 is 5.11 Å². The van der Waals surface area contributed by atoms with Gasteiger partial charge in [0.05, 0.1) is 16.4 Å². The quantitative estimate of drug-likeness (QED) is 0.654. The summed E-state index contributed by atoms with van der Waals surface area (Å²) in [5.41, 5.74) is 4.27. The molecule has 0 aliphatic heterocycles. The Bertz CT molecular complexity index is 573. The number of nitrogens with one attached hydrogen (secondary N) is 1. The number of hydrazone groups is 1. The standard InChI is InChI=1S/C13H10BrClN2O/c14-12-7-10(15)6-9(13(12)18)8-16-17-11-4-2-1-3-5-11/h1-8,17-18H. The number of anilines is 1. The molecule has 18 heavy (non-hydrogen) atoms. The Morgan fingerprint density at radius 3 is 2.67 bits per heavy atom. The van der Waals surface area contributed by atoms with E-state index in [9.17, 15) is 5.11 Å². The fourth-order valence-corrected chi connectivity index (χ4v) is 2.21. The molecule has 2 aromatic carbocycles. The zero-order valence-corrected chi connectivity index (χ0v) is 11.6. The highest BCUT2D eigenvalue weighted by molar-refractivity contribution is 9.10. The minimum Gasteiger partial charge on any atom is -0.506 e. The average molecular weight is 326 g/mol. The zero-order valence-electron chi connectivity index (χ0n) is 9.27. The van der Waals surface area contributed by atoms with Crippen LogP contribution in [-0.2, 0) is 0 Å². The smallest absolute Gasteiger partial charge is 0.138 e. The van der Waals surface area contributed by atoms with Crippen molar-refractivity contribution in [1.82, 2.24) is 0 Å². The third-order valence-corrected chi connectivity index (χ3v) is 3.05. The fourth-order valence-electron chi connectivity index (χ4n) is 1.37. The Hall–Kier alpha value is -1.52. The number of benzene rings is 2. The van der Waals surface area contributed by atoms with Crippen LogP contribution in [0.2, 0.25) is 5.02 Å². The lowest BCUT2D eigenvalue weighted by atomic mass is 10.2. The SMILES string of the molecule is Oc1c(Br)cc(Cl)cc1C=NNc1ccccc1. The molecule has 2 aromatic rings. The molecule has 0 fully saturated rings. The summed E-state index contributed by atoms with van der Waals surface area (Å²) in [5.74, 6) is 0.109. The summed E-state index contributed by atoms with van der Waals surface area (Å²) in [5, 5.41) is 14.4. The summed E-state index contributed by atoms with van der Waals surface area (Å²) in [4.78, 5) is 0. The van der Waals surface area contributed by atoms with Crippen LogP contribution >= 0.6 is 27.5 Å². The van der Waals surface area contributed by atoms with Gasteiger partial charge in [0.15, 0.2) is 0 Å². The van der Waals surface area contributed by atoms with Gasteiger partial charge in [-0.3, -0.25) is 5.43 Å². The third-order valence-electron chi connectivity index (χ3n) is 2.23. The summed E-state index contributed by atoms with van der Waals surface area (Å²) in [6.45, 7) is 0. The van der Waals surface area contributed by atoms with Crippen LogP contribution in [0.25, 0.3) is 0 Å². The Kier molecular flexibility index (Phi) is 4.23. The van der Waals surface area contributed by atoms with Gasteiger partial charge in [-0.15, -0.1) is 0 Å². The predicted molar refractivity (Wildman–Crippen MR) is 78.5 cm³/mol. The number of aromatic hydroxyl groups is 1. The summed E-state index contributed by atoms with van der Waals surface area (Å²) >= 11 is 9.11. The second-order valence-corrected chi connectivity index (χ2v) is 4.85. The largest absolute Gasteiger partial charge is 0.506 e. The van der Waals surface area contributed by atoms with E-state index in [1.165, 1.54) is 6.21 Å². The highest BCUT2D eigenvalue weighted by Gasteiger charge is 2.05. The molecule has 92 valence electrons. The Morgan fingerprint density at radius 1 is 1.22 bits per heavy atom. The summed E-state index contributed by atoms with van der Waals surface area (Å²) in [6, 6.07) is 12.8. The van der Waals surface area contributed by atoms with Crippen molar-refractivity contribution in [3.8, 4) is 5.75 Å². The molecule has 0 atom stereocenters. The van der Waals surface area contributed by atoms with Gasteiger partial charge in [0.2, 0.25) is 0 Å². The maximum absolute atomic E-state index is 9.79. The van der Waals surface area contributed by atoms with Crippen molar-refractivity contribution >= 4 is 39.4 Å². The summed E-state index contributed by atoms with van der Waals surface area (Å²) < 4.78 is 0.538. The molecule has 0 heterocycles. The molecular formula is C13H10BrClN2O. The molecule has 0 aliphatic carbocycles. The maximum Gasteiger partial charge on any atom is 0.138 e. The molecule has 0 bridgehead atoms. The first-order valence-electron chi connectivity index (χ1n) is 5.19. The van der Waals surface area contributed by atoms with Gasteiger partial charge in [0, 0.05) is 10.6 Å². The molecule has 0 radical (unpaired) electrons. The van der Waals surface area contributed by atoms with Crippen LogP contribution in [0.5, 0.6) is 5.75 Å². The second kappa shape index (κ2) is 5.89. The molecule has 0 aliphatic rings. The number of phenolic OH excluding ortho intramolecular Hbond substituents is 1. The van der Waals surface area contributed by atoms with Crippen molar-refractivity contribution in [2.45, 2.75) is 0 Å². The van der Waals surface area contributed by atoms with E-state index in [1.807, 2.05) is 30.3 Å². The van der Waals surface area contributed by atoms with Gasteiger partial charge < -0.3 is 5.11 Å². The third kappa shape index (κ3) is 3.24. The van der Waals surface area contributed by atoms with Gasteiger partial charge in [0.1, 0.15) is 5.75 Å². The lowest BCUT2D eigenvalue weighted by Gasteiger charge is -2.03. The molecule has 2 rings (SSSR count). The molecule has 0 spiro atoms. The van der Waals surface area contributed by atoms with E-state index in [0.29, 0.717) is 15.1 Å². The first kappa shape index (κ1) is 12.9. The zero-order chi connectivity index (χ0) is 13.0. The number of halogens is 2. The van der Waals surface area contributed by atoms with Crippen LogP contribution in [0.3, 0.4) is 0 Å². The number of hydrogen-bond donors (Lipinski definition) is 2. The molecular weight excluding hydrogens is 316 g/mol. The van der Waals surface area contributed by atoms with E-state index < -0.39 is 0 Å². The van der Waals surface area contributed by atoms with Crippen LogP contribution in [0.15, 0.2) is 52.0 Å². The van der Waals surface area contributed by atoms with E-state index in [1.54, 1.807) is 12.1 Å². The highest BCUT2D eigenvalue weighted by Crippen LogP contribution is 2.30. The van der Waals surface area contributed by atoms with Gasteiger partial charge in [-0.2, -0.15) is 5.10 Å². The van der Waals surface area contributed by atoms with Crippen LogP contribution < -0.4 is 5.43 Å². The van der Waals surface area contributed by atoms with Crippen LogP contribution in [0.4, 0.5) is 5.69 Å². The predicted octanol–water partition coefficient (Wildman–Crippen LogP) is 4.25. The monoisotopic (exact) mass is 324 g/mol. The number of para-hydroxylation sites is 1. The molecule has 3 nitrogen and oxygen atoms in total. The molecule has 0 saturated carbocycles. The van der Waals surface area contributed by atoms with Crippen molar-refractivity contribution in [3.63, 3.8) is 0 Å². The van der Waals surface area contributed by atoms with E-state index in [4.69, 9.17) is 11.6 Å². The molecule has 0 unspecified atom stereocenters. The van der Waals surface area contributed by atoms with Gasteiger partial charge in [-0.05, 0) is 40.2 Å². The second-order valence-electron chi connectivity index (χ2n) is 3.56. The molecule has 0 aromatic heterocycles. The summed E-state index contributed by atoms with van der Waals surface area (Å²) in [7, 11) is 0. The van der Waals surface area contributed by atoms with Gasteiger partial charge in [-0.1, -0.05) is 29.8 Å². The topological polar surface area (TPSA) is 44.6 Å². The van der Waals surface area contributed by atoms with E-state index in [0.717, 1.165) is 5.69 Å². The number of phenols is 1. The normalized spacial score (nSPS) is 10.8. The Balaban J connectivity index is 2.15. The Labute approximate surface area is 118 Å². The minimum atomic E-state index is 0.109. The Morgan fingerprint density at radius 2 is 1.94 bits per heavy atom. The highest BCUT2D eigenvalue weighted by atomic mass is 79.9. The first-order chi connectivity index (χ1) is 8.66. The lowest BCUT2D eigenvalue weighted by molar-refractivity contribution is 0.471. The maximum atomic E-state index is 9.79. The number of hydrogen-bond acceptors (Lipinski definition) is 3. The molecule has 0 saturated heterocycles. The van der Waals surface area contributed by atoms with Crippen molar-refractivity contribution in [1.29, 1.82) is 0 Å². The van der Waals surface area contributed by atoms with E-state index in [2.05, 4.69) is 26.5 Å². The van der Waals surface area contributed by atoms with E-state index in [-0.39, 0.29) is 5.75 Å². The van der Waals surface area contributed by atoms with Gasteiger partial charge >= 0.3 is 0 Å². The van der Waals surface area contributed by atoms with Crippen molar-refractivity contribution in [3.05, 3.63) is 57.5 Å².